The number of amides is 2. The van der Waals surface area contributed by atoms with Gasteiger partial charge in [-0.05, 0) is 66.6 Å². The first-order valence-electron chi connectivity index (χ1n) is 12.1. The Balaban J connectivity index is 1.53. The summed E-state index contributed by atoms with van der Waals surface area (Å²) in [5.41, 5.74) is 2.64. The number of hydrogen-bond donors (Lipinski definition) is 0. The van der Waals surface area contributed by atoms with E-state index in [1.807, 2.05) is 36.1 Å². The SMILES string of the molecule is COCCCN(CC(=O)N1CCc2sccc2C1COc1ccccc1C)C(=O)c1cccc(Cl)c1. The number of thiophene rings is 1. The molecule has 2 amide bonds. The van der Waals surface area contributed by atoms with E-state index in [0.717, 1.165) is 23.3 Å². The molecule has 0 spiro atoms. The lowest BCUT2D eigenvalue weighted by molar-refractivity contribution is -0.135. The number of rotatable bonds is 10. The first-order valence-corrected chi connectivity index (χ1v) is 13.3. The van der Waals surface area contributed by atoms with Gasteiger partial charge in [0.1, 0.15) is 18.9 Å². The third kappa shape index (κ3) is 6.27. The van der Waals surface area contributed by atoms with Crippen molar-refractivity contribution in [1.29, 1.82) is 0 Å². The third-order valence-electron chi connectivity index (χ3n) is 6.37. The van der Waals surface area contributed by atoms with E-state index >= 15 is 0 Å². The predicted octanol–water partition coefficient (Wildman–Crippen LogP) is 5.39. The highest BCUT2D eigenvalue weighted by molar-refractivity contribution is 7.10. The molecule has 0 radical (unpaired) electrons. The zero-order valence-corrected chi connectivity index (χ0v) is 22.2. The van der Waals surface area contributed by atoms with E-state index in [4.69, 9.17) is 21.1 Å². The van der Waals surface area contributed by atoms with Crippen molar-refractivity contribution in [2.45, 2.75) is 25.8 Å². The summed E-state index contributed by atoms with van der Waals surface area (Å²) < 4.78 is 11.4. The van der Waals surface area contributed by atoms with Crippen LogP contribution in [-0.2, 0) is 16.0 Å². The van der Waals surface area contributed by atoms with Gasteiger partial charge in [0, 0.05) is 42.3 Å². The number of aryl methyl sites for hydroxylation is 1. The molecular formula is C28H31ClN2O4S. The smallest absolute Gasteiger partial charge is 0.254 e. The van der Waals surface area contributed by atoms with Crippen LogP contribution in [-0.4, -0.2) is 61.6 Å². The fraction of sp³-hybridized carbons (Fsp3) is 0.357. The lowest BCUT2D eigenvalue weighted by atomic mass is 10.00. The highest BCUT2D eigenvalue weighted by atomic mass is 35.5. The minimum absolute atomic E-state index is 0.0185. The summed E-state index contributed by atoms with van der Waals surface area (Å²) >= 11 is 7.84. The van der Waals surface area contributed by atoms with Crippen LogP contribution in [0.25, 0.3) is 0 Å². The summed E-state index contributed by atoms with van der Waals surface area (Å²) in [7, 11) is 1.62. The molecule has 6 nitrogen and oxygen atoms in total. The Labute approximate surface area is 221 Å². The Bertz CT molecular complexity index is 1200. The molecule has 1 aliphatic rings. The quantitative estimate of drug-likeness (QED) is 0.332. The van der Waals surface area contributed by atoms with Gasteiger partial charge in [0.15, 0.2) is 0 Å². The maximum absolute atomic E-state index is 13.7. The summed E-state index contributed by atoms with van der Waals surface area (Å²) in [6.45, 7) is 3.84. The second-order valence-electron chi connectivity index (χ2n) is 8.81. The predicted molar refractivity (Wildman–Crippen MR) is 143 cm³/mol. The number of halogens is 1. The molecule has 190 valence electrons. The van der Waals surface area contributed by atoms with Gasteiger partial charge in [0.25, 0.3) is 5.91 Å². The minimum Gasteiger partial charge on any atom is -0.491 e. The second-order valence-corrected chi connectivity index (χ2v) is 10.2. The van der Waals surface area contributed by atoms with Crippen molar-refractivity contribution in [3.8, 4) is 5.75 Å². The standard InChI is InChI=1S/C28H31ClN2O4S/c1-20-7-3-4-10-25(20)35-19-24-23-12-16-36-26(23)11-14-31(24)27(32)18-30(13-6-15-34-2)28(33)21-8-5-9-22(29)17-21/h3-5,7-10,12,16-17,24H,6,11,13-15,18-19H2,1-2H3. The second kappa shape index (κ2) is 12.4. The number of benzene rings is 2. The van der Waals surface area contributed by atoms with E-state index in [2.05, 4.69) is 11.4 Å². The van der Waals surface area contributed by atoms with Gasteiger partial charge in [0.2, 0.25) is 5.91 Å². The van der Waals surface area contributed by atoms with Gasteiger partial charge >= 0.3 is 0 Å². The fourth-order valence-electron chi connectivity index (χ4n) is 4.47. The first kappa shape index (κ1) is 26.2. The third-order valence-corrected chi connectivity index (χ3v) is 7.60. The van der Waals surface area contributed by atoms with Gasteiger partial charge in [-0.3, -0.25) is 9.59 Å². The van der Waals surface area contributed by atoms with Gasteiger partial charge in [-0.25, -0.2) is 0 Å². The number of para-hydroxylation sites is 1. The molecule has 36 heavy (non-hydrogen) atoms. The normalized spacial score (nSPS) is 14.9. The molecule has 1 aromatic heterocycles. The summed E-state index contributed by atoms with van der Waals surface area (Å²) in [6.07, 6.45) is 1.43. The van der Waals surface area contributed by atoms with Crippen LogP contribution in [0.15, 0.2) is 60.0 Å². The monoisotopic (exact) mass is 526 g/mol. The molecule has 2 heterocycles. The summed E-state index contributed by atoms with van der Waals surface area (Å²) in [5, 5.41) is 2.55. The van der Waals surface area contributed by atoms with Crippen molar-refractivity contribution in [2.24, 2.45) is 0 Å². The van der Waals surface area contributed by atoms with Crippen molar-refractivity contribution >= 4 is 34.8 Å². The minimum atomic E-state index is -0.220. The Hall–Kier alpha value is -2.87. The zero-order chi connectivity index (χ0) is 25.5. The molecule has 1 unspecified atom stereocenters. The van der Waals surface area contributed by atoms with Gasteiger partial charge in [-0.15, -0.1) is 11.3 Å². The molecule has 0 saturated heterocycles. The fourth-order valence-corrected chi connectivity index (χ4v) is 5.59. The van der Waals surface area contributed by atoms with Crippen LogP contribution in [0.4, 0.5) is 0 Å². The molecule has 3 aromatic rings. The molecule has 0 N–H and O–H groups in total. The number of ether oxygens (including phenoxy) is 2. The first-order chi connectivity index (χ1) is 17.5. The molecule has 2 aromatic carbocycles. The van der Waals surface area contributed by atoms with Crippen LogP contribution in [0.1, 0.15) is 38.8 Å². The Morgan fingerprint density at radius 3 is 2.78 bits per heavy atom. The molecule has 0 fully saturated rings. The van der Waals surface area contributed by atoms with Gasteiger partial charge in [-0.1, -0.05) is 35.9 Å². The highest BCUT2D eigenvalue weighted by Crippen LogP contribution is 2.34. The molecule has 0 bridgehead atoms. The molecule has 4 rings (SSSR count). The largest absolute Gasteiger partial charge is 0.491 e. The molecule has 8 heteroatoms. The summed E-state index contributed by atoms with van der Waals surface area (Å²) in [5.74, 6) is 0.491. The van der Waals surface area contributed by atoms with Crippen LogP contribution in [0.5, 0.6) is 5.75 Å². The average Bonchev–Trinajstić information content (AvgIpc) is 3.36. The van der Waals surface area contributed by atoms with Crippen molar-refractivity contribution in [3.05, 3.63) is 86.6 Å². The van der Waals surface area contributed by atoms with E-state index in [0.29, 0.717) is 43.3 Å². The van der Waals surface area contributed by atoms with Crippen molar-refractivity contribution in [3.63, 3.8) is 0 Å². The summed E-state index contributed by atoms with van der Waals surface area (Å²) in [6, 6.07) is 16.6. The number of fused-ring (bicyclic) bond motifs is 1. The molecule has 0 aliphatic carbocycles. The number of methoxy groups -OCH3 is 1. The number of carbonyl (C=O) groups is 2. The van der Waals surface area contributed by atoms with Crippen LogP contribution in [0.3, 0.4) is 0 Å². The Morgan fingerprint density at radius 1 is 1.17 bits per heavy atom. The topological polar surface area (TPSA) is 59.1 Å². The lowest BCUT2D eigenvalue weighted by Crippen LogP contribution is -2.48. The van der Waals surface area contributed by atoms with Crippen molar-refractivity contribution in [2.75, 3.05) is 40.0 Å². The highest BCUT2D eigenvalue weighted by Gasteiger charge is 2.33. The maximum atomic E-state index is 13.7. The van der Waals surface area contributed by atoms with E-state index in [1.165, 1.54) is 4.88 Å². The number of carbonyl (C=O) groups excluding carboxylic acids is 2. The number of hydrogen-bond acceptors (Lipinski definition) is 5. The lowest BCUT2D eigenvalue weighted by Gasteiger charge is -2.37. The van der Waals surface area contributed by atoms with E-state index in [1.54, 1.807) is 47.6 Å². The van der Waals surface area contributed by atoms with Crippen molar-refractivity contribution in [1.82, 2.24) is 9.80 Å². The van der Waals surface area contributed by atoms with Crippen LogP contribution in [0, 0.1) is 6.92 Å². The average molecular weight is 527 g/mol. The van der Waals surface area contributed by atoms with Crippen molar-refractivity contribution < 1.29 is 19.1 Å². The van der Waals surface area contributed by atoms with Gasteiger partial charge < -0.3 is 19.3 Å². The molecule has 0 saturated carbocycles. The molecule has 1 atom stereocenters. The Kier molecular flexibility index (Phi) is 9.02. The van der Waals surface area contributed by atoms with Crippen LogP contribution in [0.2, 0.25) is 5.02 Å². The van der Waals surface area contributed by atoms with Gasteiger partial charge in [-0.2, -0.15) is 0 Å². The van der Waals surface area contributed by atoms with E-state index in [-0.39, 0.29) is 24.4 Å². The number of nitrogens with zero attached hydrogens (tertiary/aromatic N) is 2. The van der Waals surface area contributed by atoms with E-state index < -0.39 is 0 Å². The summed E-state index contributed by atoms with van der Waals surface area (Å²) in [4.78, 5) is 31.8. The molecular weight excluding hydrogens is 496 g/mol. The Morgan fingerprint density at radius 2 is 2.00 bits per heavy atom. The maximum Gasteiger partial charge on any atom is 0.254 e. The molecule has 1 aliphatic heterocycles. The van der Waals surface area contributed by atoms with Gasteiger partial charge in [0.05, 0.1) is 6.04 Å². The van der Waals surface area contributed by atoms with Crippen LogP contribution >= 0.6 is 22.9 Å². The van der Waals surface area contributed by atoms with Crippen LogP contribution < -0.4 is 4.74 Å². The zero-order valence-electron chi connectivity index (χ0n) is 20.6. The van der Waals surface area contributed by atoms with E-state index in [9.17, 15) is 9.59 Å².